The van der Waals surface area contributed by atoms with Gasteiger partial charge in [0.2, 0.25) is 0 Å². The molecule has 0 saturated carbocycles. The number of benzene rings is 1. The van der Waals surface area contributed by atoms with Crippen molar-refractivity contribution in [1.82, 2.24) is 4.90 Å². The van der Waals surface area contributed by atoms with Crippen LogP contribution in [-0.2, 0) is 0 Å². The van der Waals surface area contributed by atoms with Crippen LogP contribution in [0.4, 0.5) is 8.78 Å². The van der Waals surface area contributed by atoms with Gasteiger partial charge in [0, 0.05) is 12.1 Å². The van der Waals surface area contributed by atoms with Gasteiger partial charge in [-0.15, -0.1) is 0 Å². The van der Waals surface area contributed by atoms with Crippen LogP contribution in [0.3, 0.4) is 0 Å². The highest BCUT2D eigenvalue weighted by Gasteiger charge is 2.28. The second-order valence-electron chi connectivity index (χ2n) is 4.84. The van der Waals surface area contributed by atoms with E-state index < -0.39 is 17.5 Å². The molecule has 3 nitrogen and oxygen atoms in total. The minimum absolute atomic E-state index is 0.0372. The molecule has 1 aromatic carbocycles. The SMILES string of the molecule is COc1ccc(F)c(F)c1C(=O)N(C(C)C)C(C)C. The van der Waals surface area contributed by atoms with E-state index in [4.69, 9.17) is 4.74 Å². The molecular formula is C14H19F2NO2. The van der Waals surface area contributed by atoms with Crippen molar-refractivity contribution >= 4 is 5.91 Å². The Balaban J connectivity index is 3.35. The molecule has 0 atom stereocenters. The van der Waals surface area contributed by atoms with E-state index in [1.165, 1.54) is 18.1 Å². The van der Waals surface area contributed by atoms with Crippen LogP contribution in [0.1, 0.15) is 38.1 Å². The molecule has 0 aliphatic rings. The van der Waals surface area contributed by atoms with Crippen molar-refractivity contribution in [2.75, 3.05) is 7.11 Å². The van der Waals surface area contributed by atoms with E-state index in [-0.39, 0.29) is 23.4 Å². The van der Waals surface area contributed by atoms with Gasteiger partial charge in [-0.25, -0.2) is 8.78 Å². The van der Waals surface area contributed by atoms with Crippen LogP contribution in [0.15, 0.2) is 12.1 Å². The molecule has 0 unspecified atom stereocenters. The lowest BCUT2D eigenvalue weighted by atomic mass is 10.1. The molecule has 0 heterocycles. The standard InChI is InChI=1S/C14H19F2NO2/c1-8(2)17(9(3)4)14(18)12-11(19-5)7-6-10(15)13(12)16/h6-9H,1-5H3. The largest absolute Gasteiger partial charge is 0.496 e. The summed E-state index contributed by atoms with van der Waals surface area (Å²) in [4.78, 5) is 13.9. The summed E-state index contributed by atoms with van der Waals surface area (Å²) in [5, 5.41) is 0. The molecule has 1 aromatic rings. The zero-order chi connectivity index (χ0) is 14.7. The molecule has 0 aliphatic carbocycles. The number of methoxy groups -OCH3 is 1. The molecule has 0 saturated heterocycles. The van der Waals surface area contributed by atoms with Crippen molar-refractivity contribution in [2.24, 2.45) is 0 Å². The second kappa shape index (κ2) is 5.99. The number of amides is 1. The molecule has 0 radical (unpaired) electrons. The topological polar surface area (TPSA) is 29.5 Å². The third-order valence-corrected chi connectivity index (χ3v) is 2.84. The van der Waals surface area contributed by atoms with Gasteiger partial charge in [-0.2, -0.15) is 0 Å². The fraction of sp³-hybridized carbons (Fsp3) is 0.500. The fourth-order valence-corrected chi connectivity index (χ4v) is 2.10. The first-order valence-electron chi connectivity index (χ1n) is 6.15. The molecule has 0 aromatic heterocycles. The van der Waals surface area contributed by atoms with Crippen LogP contribution >= 0.6 is 0 Å². The highest BCUT2D eigenvalue weighted by molar-refractivity contribution is 5.97. The van der Waals surface area contributed by atoms with E-state index in [9.17, 15) is 13.6 Å². The number of hydrogen-bond donors (Lipinski definition) is 0. The van der Waals surface area contributed by atoms with E-state index in [0.717, 1.165) is 6.07 Å². The van der Waals surface area contributed by atoms with E-state index in [0.29, 0.717) is 0 Å². The summed E-state index contributed by atoms with van der Waals surface area (Å²) in [6.07, 6.45) is 0. The monoisotopic (exact) mass is 271 g/mol. The maximum atomic E-state index is 13.9. The first kappa shape index (κ1) is 15.4. The number of carbonyl (C=O) groups is 1. The number of carbonyl (C=O) groups excluding carboxylic acids is 1. The van der Waals surface area contributed by atoms with Gasteiger partial charge in [0.05, 0.1) is 7.11 Å². The van der Waals surface area contributed by atoms with Crippen molar-refractivity contribution in [3.05, 3.63) is 29.3 Å². The third kappa shape index (κ3) is 3.03. The predicted octanol–water partition coefficient (Wildman–Crippen LogP) is 3.23. The molecule has 19 heavy (non-hydrogen) atoms. The zero-order valence-electron chi connectivity index (χ0n) is 11.8. The van der Waals surface area contributed by atoms with Gasteiger partial charge in [0.15, 0.2) is 11.6 Å². The Morgan fingerprint density at radius 2 is 1.68 bits per heavy atom. The average Bonchev–Trinajstić information content (AvgIpc) is 2.31. The molecular weight excluding hydrogens is 252 g/mol. The van der Waals surface area contributed by atoms with Crippen LogP contribution in [0.5, 0.6) is 5.75 Å². The van der Waals surface area contributed by atoms with Crippen molar-refractivity contribution in [1.29, 1.82) is 0 Å². The second-order valence-corrected chi connectivity index (χ2v) is 4.84. The summed E-state index contributed by atoms with van der Waals surface area (Å²) in [7, 11) is 1.32. The average molecular weight is 271 g/mol. The molecule has 106 valence electrons. The number of halogens is 2. The Morgan fingerprint density at radius 1 is 1.16 bits per heavy atom. The van der Waals surface area contributed by atoms with Gasteiger partial charge < -0.3 is 9.64 Å². The van der Waals surface area contributed by atoms with E-state index in [2.05, 4.69) is 0 Å². The normalized spacial score (nSPS) is 11.0. The van der Waals surface area contributed by atoms with Gasteiger partial charge in [-0.3, -0.25) is 4.79 Å². The summed E-state index contributed by atoms with van der Waals surface area (Å²) in [6.45, 7) is 7.28. The van der Waals surface area contributed by atoms with Gasteiger partial charge in [-0.1, -0.05) is 0 Å². The number of ether oxygens (including phenoxy) is 1. The molecule has 0 fully saturated rings. The molecule has 0 spiro atoms. The lowest BCUT2D eigenvalue weighted by Gasteiger charge is -2.31. The summed E-state index contributed by atoms with van der Waals surface area (Å²) in [5.41, 5.74) is -0.357. The van der Waals surface area contributed by atoms with Gasteiger partial charge in [0.25, 0.3) is 5.91 Å². The maximum Gasteiger partial charge on any atom is 0.261 e. The number of hydrogen-bond acceptors (Lipinski definition) is 2. The van der Waals surface area contributed by atoms with Crippen molar-refractivity contribution in [2.45, 2.75) is 39.8 Å². The van der Waals surface area contributed by atoms with Crippen LogP contribution in [-0.4, -0.2) is 30.0 Å². The quantitative estimate of drug-likeness (QED) is 0.841. The molecule has 0 bridgehead atoms. The summed E-state index contributed by atoms with van der Waals surface area (Å²) in [6, 6.07) is 1.95. The molecule has 0 aliphatic heterocycles. The number of rotatable bonds is 4. The van der Waals surface area contributed by atoms with Crippen LogP contribution in [0.25, 0.3) is 0 Å². The van der Waals surface area contributed by atoms with E-state index >= 15 is 0 Å². The Labute approximate surface area is 112 Å². The minimum atomic E-state index is -1.17. The maximum absolute atomic E-state index is 13.9. The highest BCUT2D eigenvalue weighted by Crippen LogP contribution is 2.26. The molecule has 5 heteroatoms. The zero-order valence-corrected chi connectivity index (χ0v) is 11.8. The van der Waals surface area contributed by atoms with E-state index in [1.54, 1.807) is 0 Å². The third-order valence-electron chi connectivity index (χ3n) is 2.84. The van der Waals surface area contributed by atoms with E-state index in [1.807, 2.05) is 27.7 Å². The Kier molecular flexibility index (Phi) is 4.86. The minimum Gasteiger partial charge on any atom is -0.496 e. The summed E-state index contributed by atoms with van der Waals surface area (Å²) < 4.78 is 32.2. The van der Waals surface area contributed by atoms with Crippen molar-refractivity contribution in [3.8, 4) is 5.75 Å². The van der Waals surface area contributed by atoms with Crippen LogP contribution < -0.4 is 4.74 Å². The summed E-state index contributed by atoms with van der Waals surface area (Å²) >= 11 is 0. The van der Waals surface area contributed by atoms with Crippen LogP contribution in [0, 0.1) is 11.6 Å². The summed E-state index contributed by atoms with van der Waals surface area (Å²) in [5.74, 6) is -2.76. The lowest BCUT2D eigenvalue weighted by molar-refractivity contribution is 0.0634. The first-order valence-corrected chi connectivity index (χ1v) is 6.15. The Morgan fingerprint density at radius 3 is 2.11 bits per heavy atom. The van der Waals surface area contributed by atoms with Gasteiger partial charge in [0.1, 0.15) is 11.3 Å². The van der Waals surface area contributed by atoms with Crippen LogP contribution in [0.2, 0.25) is 0 Å². The predicted molar refractivity (Wildman–Crippen MR) is 69.4 cm³/mol. The van der Waals surface area contributed by atoms with Crippen molar-refractivity contribution < 1.29 is 18.3 Å². The Bertz CT molecular complexity index is 465. The van der Waals surface area contributed by atoms with Gasteiger partial charge >= 0.3 is 0 Å². The van der Waals surface area contributed by atoms with Crippen molar-refractivity contribution in [3.63, 3.8) is 0 Å². The fourth-order valence-electron chi connectivity index (χ4n) is 2.10. The lowest BCUT2D eigenvalue weighted by Crippen LogP contribution is -2.42. The number of nitrogens with zero attached hydrogens (tertiary/aromatic N) is 1. The first-order chi connectivity index (χ1) is 8.81. The Hall–Kier alpha value is -1.65. The molecule has 1 amide bonds. The molecule has 0 N–H and O–H groups in total. The highest BCUT2D eigenvalue weighted by atomic mass is 19.2. The smallest absolute Gasteiger partial charge is 0.261 e. The molecule has 1 rings (SSSR count). The van der Waals surface area contributed by atoms with Gasteiger partial charge in [-0.05, 0) is 39.8 Å².